The van der Waals surface area contributed by atoms with Crippen molar-refractivity contribution in [2.45, 2.75) is 62.8 Å². The fraction of sp³-hybridized carbons (Fsp3) is 0.200. The third-order valence-corrected chi connectivity index (χ3v) is 11.4. The summed E-state index contributed by atoms with van der Waals surface area (Å²) in [4.78, 5) is 0. The van der Waals surface area contributed by atoms with Gasteiger partial charge in [-0.05, 0) is 181 Å². The van der Waals surface area contributed by atoms with E-state index in [0.29, 0.717) is 22.3 Å². The van der Waals surface area contributed by atoms with E-state index in [1.54, 1.807) is 38.1 Å². The Bertz CT molecular complexity index is 2170. The maximum absolute atomic E-state index is 13.9. The van der Waals surface area contributed by atoms with Crippen LogP contribution in [0, 0.1) is 90.3 Å². The van der Waals surface area contributed by atoms with E-state index in [0.717, 1.165) is 46.5 Å². The first kappa shape index (κ1) is 41.6. The van der Waals surface area contributed by atoms with Gasteiger partial charge in [-0.3, -0.25) is 0 Å². The molecule has 0 amide bonds. The van der Waals surface area contributed by atoms with Crippen LogP contribution < -0.4 is 0 Å². The maximum Gasteiger partial charge on any atom is 0.194 e. The van der Waals surface area contributed by atoms with Crippen LogP contribution in [0.25, 0.3) is 44.5 Å². The van der Waals surface area contributed by atoms with Crippen molar-refractivity contribution >= 4 is 31.9 Å². The molecule has 0 nitrogen and oxygen atoms in total. The Hall–Kier alpha value is -4.14. The molecule has 6 aromatic rings. The highest BCUT2D eigenvalue weighted by molar-refractivity contribution is 9.10. The number of aryl methyl sites for hydroxylation is 4. The minimum absolute atomic E-state index is 0. The molecule has 0 aliphatic carbocycles. The molecular formula is C45H40Br2F6. The van der Waals surface area contributed by atoms with Crippen LogP contribution in [-0.4, -0.2) is 0 Å². The number of benzene rings is 6. The lowest BCUT2D eigenvalue weighted by molar-refractivity contribution is 0.447. The fourth-order valence-electron chi connectivity index (χ4n) is 6.92. The van der Waals surface area contributed by atoms with Crippen molar-refractivity contribution in [1.29, 1.82) is 0 Å². The Morgan fingerprint density at radius 3 is 0.887 bits per heavy atom. The van der Waals surface area contributed by atoms with Crippen molar-refractivity contribution in [3.63, 3.8) is 0 Å². The molecule has 0 saturated carbocycles. The Morgan fingerprint density at radius 2 is 0.604 bits per heavy atom. The summed E-state index contributed by atoms with van der Waals surface area (Å²) in [6.07, 6.45) is 0. The predicted molar refractivity (Wildman–Crippen MR) is 214 cm³/mol. The lowest BCUT2D eigenvalue weighted by atomic mass is 9.83. The van der Waals surface area contributed by atoms with Crippen LogP contribution >= 0.6 is 31.9 Å². The Labute approximate surface area is 325 Å². The Kier molecular flexibility index (Phi) is 12.9. The van der Waals surface area contributed by atoms with Gasteiger partial charge in [0, 0.05) is 8.95 Å². The Balaban J connectivity index is 0.000000279. The molecule has 0 saturated heterocycles. The topological polar surface area (TPSA) is 0 Å². The van der Waals surface area contributed by atoms with E-state index >= 15 is 0 Å². The van der Waals surface area contributed by atoms with Crippen molar-refractivity contribution in [3.05, 3.63) is 161 Å². The summed E-state index contributed by atoms with van der Waals surface area (Å²) >= 11 is 7.27. The van der Waals surface area contributed by atoms with Crippen LogP contribution in [0.1, 0.15) is 51.9 Å². The lowest BCUT2D eigenvalue weighted by Gasteiger charge is -2.21. The first-order valence-corrected chi connectivity index (χ1v) is 18.0. The zero-order chi connectivity index (χ0) is 38.3. The summed E-state index contributed by atoms with van der Waals surface area (Å²) in [6.45, 7) is 16.0. The van der Waals surface area contributed by atoms with Crippen LogP contribution in [0.3, 0.4) is 0 Å². The smallest absolute Gasteiger partial charge is 0.194 e. The standard InChI is InChI=1S/C28H20F6.C16H16Br2.CH4/c1-13-5-7-19(17-9-21(29)27(33)22(30)10-17)15(3)25(13)26-14(2)6-8-20(16(26)4)18-11-23(31)28(34)24(32)12-18;1-9-5-7-13(17)11(3)15(9)16-10(2)6-8-14(18)12(16)4;/h5-12H,1-4H3;5-8H,1-4H3;1H4. The zero-order valence-electron chi connectivity index (χ0n) is 30.0. The van der Waals surface area contributed by atoms with Crippen molar-refractivity contribution in [3.8, 4) is 44.5 Å². The van der Waals surface area contributed by atoms with E-state index in [2.05, 4.69) is 83.8 Å². The highest BCUT2D eigenvalue weighted by Crippen LogP contribution is 2.42. The maximum atomic E-state index is 13.9. The molecular weight excluding hydrogens is 814 g/mol. The molecule has 0 aromatic heterocycles. The van der Waals surface area contributed by atoms with Crippen molar-refractivity contribution in [2.75, 3.05) is 0 Å². The third-order valence-electron chi connectivity index (χ3n) is 9.65. The second kappa shape index (κ2) is 16.5. The van der Waals surface area contributed by atoms with Crippen LogP contribution in [0.5, 0.6) is 0 Å². The highest BCUT2D eigenvalue weighted by Gasteiger charge is 2.21. The van der Waals surface area contributed by atoms with Gasteiger partial charge >= 0.3 is 0 Å². The first-order chi connectivity index (χ1) is 24.4. The highest BCUT2D eigenvalue weighted by atomic mass is 79.9. The molecule has 0 aliphatic heterocycles. The lowest BCUT2D eigenvalue weighted by Crippen LogP contribution is -2.00. The van der Waals surface area contributed by atoms with E-state index in [1.807, 2.05) is 13.8 Å². The number of halogens is 8. The molecule has 6 rings (SSSR count). The minimum Gasteiger partial charge on any atom is -0.204 e. The monoisotopic (exact) mass is 852 g/mol. The van der Waals surface area contributed by atoms with E-state index in [9.17, 15) is 26.3 Å². The van der Waals surface area contributed by atoms with Crippen molar-refractivity contribution in [2.24, 2.45) is 0 Å². The SMILES string of the molecule is C.Cc1ccc(-c2cc(F)c(F)c(F)c2)c(C)c1-c1c(C)ccc(-c2cc(F)c(F)c(F)c2)c1C.Cc1ccc(Br)c(C)c1-c1c(C)ccc(Br)c1C. The molecule has 276 valence electrons. The largest absolute Gasteiger partial charge is 0.204 e. The van der Waals surface area contributed by atoms with Gasteiger partial charge in [-0.15, -0.1) is 0 Å². The molecule has 0 bridgehead atoms. The van der Waals surface area contributed by atoms with Crippen molar-refractivity contribution < 1.29 is 26.3 Å². The first-order valence-electron chi connectivity index (χ1n) is 16.5. The average Bonchev–Trinajstić information content (AvgIpc) is 3.09. The molecule has 6 aromatic carbocycles. The van der Waals surface area contributed by atoms with E-state index < -0.39 is 34.9 Å². The number of hydrogen-bond acceptors (Lipinski definition) is 0. The number of rotatable bonds is 4. The van der Waals surface area contributed by atoms with Crippen LogP contribution in [0.2, 0.25) is 0 Å². The molecule has 0 spiro atoms. The number of hydrogen-bond donors (Lipinski definition) is 0. The summed E-state index contributed by atoms with van der Waals surface area (Å²) in [6, 6.07) is 19.4. The van der Waals surface area contributed by atoms with Gasteiger partial charge in [0.2, 0.25) is 0 Å². The molecule has 0 heterocycles. The van der Waals surface area contributed by atoms with Crippen LogP contribution in [0.15, 0.2) is 81.7 Å². The predicted octanol–water partition coefficient (Wildman–Crippen LogP) is 15.5. The van der Waals surface area contributed by atoms with Gasteiger partial charge in [0.25, 0.3) is 0 Å². The van der Waals surface area contributed by atoms with Gasteiger partial charge in [0.05, 0.1) is 0 Å². The molecule has 53 heavy (non-hydrogen) atoms. The van der Waals surface area contributed by atoms with Crippen molar-refractivity contribution in [1.82, 2.24) is 0 Å². The minimum atomic E-state index is -1.54. The fourth-order valence-corrected chi connectivity index (χ4v) is 7.58. The van der Waals surface area contributed by atoms with Gasteiger partial charge in [-0.2, -0.15) is 0 Å². The molecule has 0 fully saturated rings. The third kappa shape index (κ3) is 8.04. The molecule has 0 unspecified atom stereocenters. The van der Waals surface area contributed by atoms with Gasteiger partial charge in [0.15, 0.2) is 34.9 Å². The average molecular weight is 855 g/mol. The summed E-state index contributed by atoms with van der Waals surface area (Å²) in [5.74, 6) is -8.21. The summed E-state index contributed by atoms with van der Waals surface area (Å²) in [7, 11) is 0. The van der Waals surface area contributed by atoms with E-state index in [1.165, 1.54) is 42.3 Å². The zero-order valence-corrected chi connectivity index (χ0v) is 33.1. The molecule has 0 radical (unpaired) electrons. The molecule has 8 heteroatoms. The van der Waals surface area contributed by atoms with Gasteiger partial charge in [-0.1, -0.05) is 75.7 Å². The normalized spacial score (nSPS) is 10.9. The van der Waals surface area contributed by atoms with Gasteiger partial charge in [0.1, 0.15) is 0 Å². The Morgan fingerprint density at radius 1 is 0.358 bits per heavy atom. The molecule has 0 N–H and O–H groups in total. The van der Waals surface area contributed by atoms with E-state index in [4.69, 9.17) is 0 Å². The van der Waals surface area contributed by atoms with E-state index in [-0.39, 0.29) is 18.6 Å². The molecule has 0 aliphatic rings. The van der Waals surface area contributed by atoms with Gasteiger partial charge < -0.3 is 0 Å². The molecule has 0 atom stereocenters. The second-order valence-electron chi connectivity index (χ2n) is 13.1. The van der Waals surface area contributed by atoms with Gasteiger partial charge in [-0.25, -0.2) is 26.3 Å². The quantitative estimate of drug-likeness (QED) is 0.122. The van der Waals surface area contributed by atoms with Crippen LogP contribution in [-0.2, 0) is 0 Å². The van der Waals surface area contributed by atoms with Crippen LogP contribution in [0.4, 0.5) is 26.3 Å². The summed E-state index contributed by atoms with van der Waals surface area (Å²) in [5.41, 5.74) is 14.0. The second-order valence-corrected chi connectivity index (χ2v) is 14.8. The summed E-state index contributed by atoms with van der Waals surface area (Å²) < 4.78 is 85.0. The summed E-state index contributed by atoms with van der Waals surface area (Å²) in [5, 5.41) is 0.